The van der Waals surface area contributed by atoms with E-state index >= 15 is 0 Å². The number of carbonyl (C=O) groups excluding carboxylic acids is 2. The number of carboxylic acid groups (broad SMARTS) is 2. The lowest BCUT2D eigenvalue weighted by atomic mass is 9.96. The second-order valence-corrected chi connectivity index (χ2v) is 8.70. The second-order valence-electron chi connectivity index (χ2n) is 8.70. The van der Waals surface area contributed by atoms with Gasteiger partial charge in [0.25, 0.3) is 0 Å². The van der Waals surface area contributed by atoms with Gasteiger partial charge >= 0.3 is 0 Å². The maximum atomic E-state index is 11.5. The van der Waals surface area contributed by atoms with Crippen molar-refractivity contribution < 1.29 is 38.3 Å². The summed E-state index contributed by atoms with van der Waals surface area (Å²) in [4.78, 5) is 23.0. The zero-order chi connectivity index (χ0) is 27.0. The predicted molar refractivity (Wildman–Crippen MR) is 136 cm³/mol. The molecule has 1 aliphatic heterocycles. The number of nitrogens with zero attached hydrogens (tertiary/aromatic N) is 2. The van der Waals surface area contributed by atoms with E-state index in [0.29, 0.717) is 40.3 Å². The molecule has 0 aliphatic carbocycles. The number of rotatable bonds is 12. The highest BCUT2D eigenvalue weighted by molar-refractivity contribution is 6.10. The first kappa shape index (κ1) is 27.7. The second kappa shape index (κ2) is 12.4. The zero-order valence-corrected chi connectivity index (χ0v) is 21.9. The Labute approximate surface area is 218 Å². The first-order valence-corrected chi connectivity index (χ1v) is 12.6. The van der Waals surface area contributed by atoms with Crippen LogP contribution >= 0.6 is 0 Å². The van der Waals surface area contributed by atoms with E-state index in [1.54, 1.807) is 24.3 Å². The van der Waals surface area contributed by atoms with Crippen molar-refractivity contribution in [3.63, 3.8) is 0 Å². The van der Waals surface area contributed by atoms with Gasteiger partial charge in [-0.15, -0.1) is 0 Å². The van der Waals surface area contributed by atoms with Crippen molar-refractivity contribution in [2.45, 2.75) is 40.5 Å². The molecule has 0 saturated carbocycles. The van der Waals surface area contributed by atoms with E-state index in [1.807, 2.05) is 43.0 Å². The Morgan fingerprint density at radius 2 is 1.19 bits per heavy atom. The van der Waals surface area contributed by atoms with Crippen molar-refractivity contribution in [3.8, 4) is 11.5 Å². The van der Waals surface area contributed by atoms with Gasteiger partial charge in [-0.05, 0) is 64.1 Å². The van der Waals surface area contributed by atoms with Crippen molar-refractivity contribution >= 4 is 17.7 Å². The van der Waals surface area contributed by atoms with Gasteiger partial charge in [0, 0.05) is 47.0 Å². The molecule has 2 aromatic carbocycles. The highest BCUT2D eigenvalue weighted by Crippen LogP contribution is 2.27. The Morgan fingerprint density at radius 3 is 1.54 bits per heavy atom. The maximum Gasteiger partial charge on any atom is 0.228 e. The fourth-order valence-electron chi connectivity index (χ4n) is 4.40. The van der Waals surface area contributed by atoms with Crippen molar-refractivity contribution in [3.05, 3.63) is 83.5 Å². The molecule has 0 spiro atoms. The van der Waals surface area contributed by atoms with E-state index in [-0.39, 0.29) is 12.8 Å². The van der Waals surface area contributed by atoms with Gasteiger partial charge in [-0.2, -0.15) is 4.58 Å². The third-order valence-electron chi connectivity index (χ3n) is 6.42. The smallest absolute Gasteiger partial charge is 0.228 e. The Kier molecular flexibility index (Phi) is 9.25. The van der Waals surface area contributed by atoms with Crippen LogP contribution in [0.15, 0.2) is 61.2 Å². The Bertz CT molecular complexity index is 1150. The molecule has 2 aromatic rings. The summed E-state index contributed by atoms with van der Waals surface area (Å²) in [5, 5.41) is 23.0. The van der Waals surface area contributed by atoms with E-state index in [9.17, 15) is 19.8 Å². The minimum absolute atomic E-state index is 0.299. The summed E-state index contributed by atoms with van der Waals surface area (Å²) >= 11 is 0. The molecule has 0 atom stereocenters. The largest absolute Gasteiger partial charge is 0.550 e. The van der Waals surface area contributed by atoms with Gasteiger partial charge in [0.05, 0.1) is 26.3 Å². The first-order valence-electron chi connectivity index (χ1n) is 12.6. The molecule has 0 unspecified atom stereocenters. The number of benzene rings is 2. The number of carbonyl (C=O) groups is 2. The van der Waals surface area contributed by atoms with Crippen LogP contribution in [0.4, 0.5) is 0 Å². The van der Waals surface area contributed by atoms with Gasteiger partial charge in [-0.3, -0.25) is 4.48 Å². The molecule has 0 bridgehead atoms. The summed E-state index contributed by atoms with van der Waals surface area (Å²) < 4.78 is 13.9. The number of hydrogen-bond donors (Lipinski definition) is 0. The van der Waals surface area contributed by atoms with Gasteiger partial charge < -0.3 is 29.3 Å². The van der Waals surface area contributed by atoms with Crippen LogP contribution in [0.5, 0.6) is 11.5 Å². The maximum absolute atomic E-state index is 11.5. The monoisotopic (exact) mass is 506 g/mol. The average molecular weight is 507 g/mol. The fourth-order valence-corrected chi connectivity index (χ4v) is 4.40. The molecule has 3 rings (SSSR count). The highest BCUT2D eigenvalue weighted by Gasteiger charge is 2.28. The number of quaternary nitrogens is 1. The van der Waals surface area contributed by atoms with Crippen LogP contribution in [0.25, 0.3) is 0 Å². The van der Waals surface area contributed by atoms with Crippen molar-refractivity contribution in [1.82, 2.24) is 0 Å². The van der Waals surface area contributed by atoms with Gasteiger partial charge in [0.2, 0.25) is 18.1 Å². The molecule has 8 heteroatoms. The standard InChI is InChI=1S/C29H34N2O6/c1-5-31(6-2)15-13-30(14-16-31)29(21-9-11-25(36-7-3)23(17-21)19-27(32)33)22-10-12-26(37-8-4)24(18-22)20-28(34)35/h9-18H,5-8,19-20H2,1-4H3. The van der Waals surface area contributed by atoms with Crippen molar-refractivity contribution in [2.24, 2.45) is 0 Å². The SMILES string of the molecule is CCOc1ccc(C(c2ccc(OCC)c(CC(=O)[O-])c2)=[N+]2C=C[N+](CC)(CC)C=C2)cc1CC(=O)[O-]. The molecular formula is C29H34N2O6. The third kappa shape index (κ3) is 6.65. The van der Waals surface area contributed by atoms with Crippen LogP contribution in [0.1, 0.15) is 49.9 Å². The van der Waals surface area contributed by atoms with Crippen molar-refractivity contribution in [1.29, 1.82) is 0 Å². The minimum Gasteiger partial charge on any atom is -0.550 e. The molecule has 0 fully saturated rings. The van der Waals surface area contributed by atoms with E-state index in [2.05, 4.69) is 26.2 Å². The zero-order valence-electron chi connectivity index (χ0n) is 21.9. The number of hydrogen-bond acceptors (Lipinski definition) is 6. The summed E-state index contributed by atoms with van der Waals surface area (Å²) in [6, 6.07) is 10.8. The molecule has 0 radical (unpaired) electrons. The first-order chi connectivity index (χ1) is 17.8. The normalized spacial score (nSPS) is 13.9. The van der Waals surface area contributed by atoms with E-state index in [0.717, 1.165) is 29.9 Å². The van der Waals surface area contributed by atoms with Crippen LogP contribution in [-0.4, -0.2) is 53.0 Å². The van der Waals surface area contributed by atoms with Crippen LogP contribution in [0.3, 0.4) is 0 Å². The van der Waals surface area contributed by atoms with E-state index < -0.39 is 11.9 Å². The third-order valence-corrected chi connectivity index (χ3v) is 6.42. The minimum atomic E-state index is -1.21. The molecule has 1 heterocycles. The van der Waals surface area contributed by atoms with Crippen LogP contribution in [0, 0.1) is 0 Å². The Morgan fingerprint density at radius 1 is 0.757 bits per heavy atom. The van der Waals surface area contributed by atoms with Gasteiger partial charge in [0.1, 0.15) is 11.5 Å². The summed E-state index contributed by atoms with van der Waals surface area (Å²) in [6.45, 7) is 10.5. The molecule has 0 amide bonds. The van der Waals surface area contributed by atoms with Gasteiger partial charge in [0.15, 0.2) is 12.4 Å². The Balaban J connectivity index is 2.26. The number of ether oxygens (including phenoxy) is 2. The summed E-state index contributed by atoms with van der Waals surface area (Å²) in [7, 11) is 0. The lowest BCUT2D eigenvalue weighted by molar-refractivity contribution is -0.832. The predicted octanol–water partition coefficient (Wildman–Crippen LogP) is 1.73. The summed E-state index contributed by atoms with van der Waals surface area (Å²) in [5.74, 6) is -1.45. The molecule has 0 saturated heterocycles. The van der Waals surface area contributed by atoms with E-state index in [4.69, 9.17) is 9.47 Å². The molecule has 196 valence electrons. The van der Waals surface area contributed by atoms with Crippen LogP contribution in [0.2, 0.25) is 0 Å². The number of aliphatic carboxylic acids is 2. The van der Waals surface area contributed by atoms with Crippen molar-refractivity contribution in [2.75, 3.05) is 26.3 Å². The summed E-state index contributed by atoms with van der Waals surface area (Å²) in [5.41, 5.74) is 3.23. The molecule has 0 aromatic heterocycles. The fraction of sp³-hybridized carbons (Fsp3) is 0.345. The molecule has 8 nitrogen and oxygen atoms in total. The topological polar surface area (TPSA) is 102 Å². The Hall–Kier alpha value is -3.91. The summed E-state index contributed by atoms with van der Waals surface area (Å²) in [6.07, 6.45) is 7.57. The molecule has 37 heavy (non-hydrogen) atoms. The van der Waals surface area contributed by atoms with Crippen LogP contribution in [-0.2, 0) is 22.4 Å². The molecule has 0 N–H and O–H groups in total. The average Bonchev–Trinajstić information content (AvgIpc) is 2.87. The van der Waals surface area contributed by atoms with E-state index in [1.165, 1.54) is 0 Å². The van der Waals surface area contributed by atoms with Gasteiger partial charge in [-0.25, -0.2) is 0 Å². The lowest BCUT2D eigenvalue weighted by Crippen LogP contribution is -2.39. The lowest BCUT2D eigenvalue weighted by Gasteiger charge is -2.27. The quantitative estimate of drug-likeness (QED) is 0.321. The molecular weight excluding hydrogens is 472 g/mol. The van der Waals surface area contributed by atoms with Crippen LogP contribution < -0.4 is 19.7 Å². The molecule has 1 aliphatic rings. The highest BCUT2D eigenvalue weighted by atomic mass is 16.5. The number of carboxylic acids is 2. The van der Waals surface area contributed by atoms with Gasteiger partial charge in [-0.1, -0.05) is 0 Å².